The van der Waals surface area contributed by atoms with Crippen LogP contribution in [0.5, 0.6) is 0 Å². The standard InChI is InChI=1S/C30H32Cl3N3O4S/c1-41(39,40)36(26-17-9-16-25(32)29(26)33)20-28(37)35(19-22-12-5-8-15-24(22)31)27(18-21-10-3-2-4-11-21)30(38)34-23-13-6-7-14-23/h2-5,8-12,15-17,23,27H,6-7,13-14,18-20H2,1H3,(H,34,38)/t27-/m1/s1. The van der Waals surface area contributed by atoms with Gasteiger partial charge in [0.2, 0.25) is 21.8 Å². The van der Waals surface area contributed by atoms with E-state index in [1.54, 1.807) is 30.3 Å². The number of halogens is 3. The number of carbonyl (C=O) groups excluding carboxylic acids is 2. The number of hydrogen-bond donors (Lipinski definition) is 1. The molecule has 218 valence electrons. The Hall–Kier alpha value is -2.78. The molecule has 0 aromatic heterocycles. The smallest absolute Gasteiger partial charge is 0.244 e. The second-order valence-electron chi connectivity index (χ2n) is 10.2. The molecule has 0 heterocycles. The summed E-state index contributed by atoms with van der Waals surface area (Å²) in [6.45, 7) is -0.597. The molecule has 2 amide bonds. The van der Waals surface area contributed by atoms with Gasteiger partial charge >= 0.3 is 0 Å². The van der Waals surface area contributed by atoms with Gasteiger partial charge < -0.3 is 10.2 Å². The first-order chi connectivity index (χ1) is 19.5. The van der Waals surface area contributed by atoms with E-state index >= 15 is 0 Å². The summed E-state index contributed by atoms with van der Waals surface area (Å²) in [6, 6.07) is 20.1. The minimum atomic E-state index is -3.97. The van der Waals surface area contributed by atoms with Gasteiger partial charge in [0, 0.05) is 24.0 Å². The highest BCUT2D eigenvalue weighted by molar-refractivity contribution is 7.92. The first kappa shape index (κ1) is 31.2. The highest BCUT2D eigenvalue weighted by atomic mass is 35.5. The van der Waals surface area contributed by atoms with Gasteiger partial charge in [-0.05, 0) is 42.2 Å². The first-order valence-electron chi connectivity index (χ1n) is 13.3. The Morgan fingerprint density at radius 2 is 1.54 bits per heavy atom. The number of carbonyl (C=O) groups is 2. The molecule has 1 atom stereocenters. The van der Waals surface area contributed by atoms with Crippen LogP contribution >= 0.6 is 34.8 Å². The summed E-state index contributed by atoms with van der Waals surface area (Å²) in [6.07, 6.45) is 5.02. The second kappa shape index (κ2) is 13.9. The van der Waals surface area contributed by atoms with Gasteiger partial charge in [0.1, 0.15) is 12.6 Å². The molecule has 0 saturated heterocycles. The maximum absolute atomic E-state index is 14.2. The molecule has 0 bridgehead atoms. The van der Waals surface area contributed by atoms with Gasteiger partial charge in [-0.25, -0.2) is 8.42 Å². The number of anilines is 1. The largest absolute Gasteiger partial charge is 0.352 e. The maximum Gasteiger partial charge on any atom is 0.244 e. The highest BCUT2D eigenvalue weighted by Crippen LogP contribution is 2.34. The molecule has 0 spiro atoms. The number of nitrogens with zero attached hydrogens (tertiary/aromatic N) is 2. The first-order valence-corrected chi connectivity index (χ1v) is 16.3. The fraction of sp³-hybridized carbons (Fsp3) is 0.333. The van der Waals surface area contributed by atoms with Crippen LogP contribution in [0.2, 0.25) is 15.1 Å². The lowest BCUT2D eigenvalue weighted by atomic mass is 10.0. The quantitative estimate of drug-likeness (QED) is 0.275. The van der Waals surface area contributed by atoms with Crippen LogP contribution < -0.4 is 9.62 Å². The van der Waals surface area contributed by atoms with Crippen LogP contribution in [-0.4, -0.2) is 50.0 Å². The predicted octanol–water partition coefficient (Wildman–Crippen LogP) is 6.11. The van der Waals surface area contributed by atoms with E-state index in [1.165, 1.54) is 17.0 Å². The third kappa shape index (κ3) is 8.16. The van der Waals surface area contributed by atoms with Crippen LogP contribution in [0, 0.1) is 0 Å². The van der Waals surface area contributed by atoms with Gasteiger partial charge in [0.25, 0.3) is 0 Å². The molecule has 0 radical (unpaired) electrons. The molecule has 3 aromatic rings. The fourth-order valence-corrected chi connectivity index (χ4v) is 6.51. The molecule has 1 fully saturated rings. The molecule has 7 nitrogen and oxygen atoms in total. The molecule has 1 aliphatic rings. The van der Waals surface area contributed by atoms with Crippen LogP contribution in [0.15, 0.2) is 72.8 Å². The number of rotatable bonds is 11. The molecule has 4 rings (SSSR count). The van der Waals surface area contributed by atoms with Gasteiger partial charge in [-0.15, -0.1) is 0 Å². The molecule has 3 aromatic carbocycles. The van der Waals surface area contributed by atoms with Crippen LogP contribution in [0.25, 0.3) is 0 Å². The Bertz CT molecular complexity index is 1480. The molecule has 11 heteroatoms. The number of amides is 2. The van der Waals surface area contributed by atoms with Crippen molar-refractivity contribution in [1.82, 2.24) is 10.2 Å². The molecular formula is C30H32Cl3N3O4S. The number of benzene rings is 3. The molecule has 0 aliphatic heterocycles. The van der Waals surface area contributed by atoms with Gasteiger partial charge in [-0.1, -0.05) is 102 Å². The van der Waals surface area contributed by atoms with E-state index in [0.29, 0.717) is 10.6 Å². The van der Waals surface area contributed by atoms with Gasteiger partial charge in [-0.2, -0.15) is 0 Å². The van der Waals surface area contributed by atoms with Gasteiger partial charge in [0.05, 0.1) is 22.0 Å². The van der Waals surface area contributed by atoms with E-state index in [-0.39, 0.29) is 40.6 Å². The zero-order valence-corrected chi connectivity index (χ0v) is 25.7. The minimum absolute atomic E-state index is 0.00450. The Morgan fingerprint density at radius 3 is 2.20 bits per heavy atom. The lowest BCUT2D eigenvalue weighted by Gasteiger charge is -2.34. The summed E-state index contributed by atoms with van der Waals surface area (Å²) in [5.74, 6) is -0.887. The molecular weight excluding hydrogens is 605 g/mol. The van der Waals surface area contributed by atoms with Crippen LogP contribution in [0.3, 0.4) is 0 Å². The van der Waals surface area contributed by atoms with Crippen molar-refractivity contribution in [3.8, 4) is 0 Å². The summed E-state index contributed by atoms with van der Waals surface area (Å²) < 4.78 is 26.8. The van der Waals surface area contributed by atoms with Gasteiger partial charge in [-0.3, -0.25) is 13.9 Å². The Morgan fingerprint density at radius 1 is 0.902 bits per heavy atom. The van der Waals surface area contributed by atoms with E-state index in [2.05, 4.69) is 5.32 Å². The average molecular weight is 637 g/mol. The second-order valence-corrected chi connectivity index (χ2v) is 13.3. The van der Waals surface area contributed by atoms with E-state index in [0.717, 1.165) is 41.8 Å². The fourth-order valence-electron chi connectivity index (χ4n) is 5.01. The average Bonchev–Trinajstić information content (AvgIpc) is 3.45. The molecule has 0 unspecified atom stereocenters. The zero-order chi connectivity index (χ0) is 29.6. The highest BCUT2D eigenvalue weighted by Gasteiger charge is 2.35. The summed E-state index contributed by atoms with van der Waals surface area (Å²) in [7, 11) is -3.97. The number of nitrogens with one attached hydrogen (secondary N) is 1. The van der Waals surface area contributed by atoms with E-state index in [4.69, 9.17) is 34.8 Å². The Kier molecular flexibility index (Phi) is 10.6. The van der Waals surface area contributed by atoms with Crippen molar-refractivity contribution in [2.45, 2.75) is 50.7 Å². The lowest BCUT2D eigenvalue weighted by molar-refractivity contribution is -0.140. The van der Waals surface area contributed by atoms with Crippen molar-refractivity contribution >= 4 is 62.3 Å². The van der Waals surface area contributed by atoms with Crippen LogP contribution in [-0.2, 0) is 32.6 Å². The molecule has 41 heavy (non-hydrogen) atoms. The summed E-state index contributed by atoms with van der Waals surface area (Å²) in [4.78, 5) is 29.5. The van der Waals surface area contributed by atoms with E-state index in [9.17, 15) is 18.0 Å². The van der Waals surface area contributed by atoms with Crippen molar-refractivity contribution in [1.29, 1.82) is 0 Å². The SMILES string of the molecule is CS(=O)(=O)N(CC(=O)N(Cc1ccccc1Cl)[C@H](Cc1ccccc1)C(=O)NC1CCCC1)c1cccc(Cl)c1Cl. The monoisotopic (exact) mass is 635 g/mol. The Labute approximate surface area is 256 Å². The summed E-state index contributed by atoms with van der Waals surface area (Å²) >= 11 is 19.0. The number of hydrogen-bond acceptors (Lipinski definition) is 4. The molecule has 1 N–H and O–H groups in total. The lowest BCUT2D eigenvalue weighted by Crippen LogP contribution is -2.54. The van der Waals surface area contributed by atoms with Crippen molar-refractivity contribution in [2.24, 2.45) is 0 Å². The third-order valence-electron chi connectivity index (χ3n) is 7.15. The summed E-state index contributed by atoms with van der Waals surface area (Å²) in [5, 5.41) is 3.71. The van der Waals surface area contributed by atoms with Crippen molar-refractivity contribution < 1.29 is 18.0 Å². The minimum Gasteiger partial charge on any atom is -0.352 e. The normalized spacial score (nSPS) is 14.4. The predicted molar refractivity (Wildman–Crippen MR) is 165 cm³/mol. The molecule has 1 saturated carbocycles. The summed E-state index contributed by atoms with van der Waals surface area (Å²) in [5.41, 5.74) is 1.55. The van der Waals surface area contributed by atoms with Crippen molar-refractivity contribution in [3.63, 3.8) is 0 Å². The zero-order valence-electron chi connectivity index (χ0n) is 22.6. The number of sulfonamides is 1. The Balaban J connectivity index is 1.75. The van der Waals surface area contributed by atoms with E-state index in [1.807, 2.05) is 30.3 Å². The van der Waals surface area contributed by atoms with Crippen molar-refractivity contribution in [3.05, 3.63) is 99.0 Å². The van der Waals surface area contributed by atoms with E-state index < -0.39 is 28.5 Å². The van der Waals surface area contributed by atoms with Crippen molar-refractivity contribution in [2.75, 3.05) is 17.1 Å². The maximum atomic E-state index is 14.2. The molecule has 1 aliphatic carbocycles. The van der Waals surface area contributed by atoms with Gasteiger partial charge in [0.15, 0.2) is 0 Å². The topological polar surface area (TPSA) is 86.8 Å². The third-order valence-corrected chi connectivity index (χ3v) is 9.45. The van der Waals surface area contributed by atoms with Crippen LogP contribution in [0.1, 0.15) is 36.8 Å². The van der Waals surface area contributed by atoms with Crippen LogP contribution in [0.4, 0.5) is 5.69 Å².